The minimum Gasteiger partial charge on any atom is -0.458 e. The first kappa shape index (κ1) is 16.2. The molecule has 0 heterocycles. The lowest BCUT2D eigenvalue weighted by molar-refractivity contribution is -0.114. The number of aldehydes is 1. The molecule has 1 aromatic rings. The van der Waals surface area contributed by atoms with E-state index in [1.807, 2.05) is 25.1 Å². The number of rotatable bonds is 4. The smallest absolute Gasteiger partial charge is 0.338 e. The van der Waals surface area contributed by atoms with Crippen molar-refractivity contribution in [1.29, 1.82) is 0 Å². The van der Waals surface area contributed by atoms with Crippen LogP contribution in [0, 0.1) is 23.2 Å². The summed E-state index contributed by atoms with van der Waals surface area (Å²) in [7, 11) is 0. The molecule has 3 heteroatoms. The predicted octanol–water partition coefficient (Wildman–Crippen LogP) is 4.26. The number of fused-ring (bicyclic) bond motifs is 1. The number of hydrogen-bond donors (Lipinski definition) is 0. The molecule has 23 heavy (non-hydrogen) atoms. The highest BCUT2D eigenvalue weighted by Crippen LogP contribution is 2.58. The van der Waals surface area contributed by atoms with Gasteiger partial charge in [0.15, 0.2) is 0 Å². The van der Waals surface area contributed by atoms with Gasteiger partial charge in [-0.25, -0.2) is 4.79 Å². The van der Waals surface area contributed by atoms with Crippen molar-refractivity contribution in [2.75, 3.05) is 0 Å². The van der Waals surface area contributed by atoms with Gasteiger partial charge in [0.1, 0.15) is 12.4 Å². The lowest BCUT2D eigenvalue weighted by Crippen LogP contribution is -2.43. The van der Waals surface area contributed by atoms with E-state index in [0.29, 0.717) is 17.4 Å². The van der Waals surface area contributed by atoms with E-state index in [2.05, 4.69) is 6.92 Å². The summed E-state index contributed by atoms with van der Waals surface area (Å²) in [5, 5.41) is 0. The Morgan fingerprint density at radius 2 is 2.00 bits per heavy atom. The molecule has 3 nitrogen and oxygen atoms in total. The Balaban J connectivity index is 1.75. The van der Waals surface area contributed by atoms with Crippen LogP contribution in [0.2, 0.25) is 0 Å². The summed E-state index contributed by atoms with van der Waals surface area (Å²) in [6.07, 6.45) is 6.37. The molecule has 2 fully saturated rings. The first-order valence-corrected chi connectivity index (χ1v) is 8.77. The summed E-state index contributed by atoms with van der Waals surface area (Å²) in [6, 6.07) is 9.22. The highest BCUT2D eigenvalue weighted by Gasteiger charge is 2.53. The molecule has 1 aromatic carbocycles. The average molecular weight is 314 g/mol. The van der Waals surface area contributed by atoms with Gasteiger partial charge >= 0.3 is 5.97 Å². The zero-order valence-electron chi connectivity index (χ0n) is 14.0. The zero-order chi connectivity index (χ0) is 16.4. The van der Waals surface area contributed by atoms with Gasteiger partial charge in [-0.2, -0.15) is 0 Å². The van der Waals surface area contributed by atoms with Gasteiger partial charge in [-0.3, -0.25) is 0 Å². The summed E-state index contributed by atoms with van der Waals surface area (Å²) in [4.78, 5) is 23.7. The summed E-state index contributed by atoms with van der Waals surface area (Å²) >= 11 is 0. The molecule has 2 aliphatic rings. The predicted molar refractivity (Wildman–Crippen MR) is 89.0 cm³/mol. The fourth-order valence-corrected chi connectivity index (χ4v) is 5.04. The number of carbonyl (C=O) groups is 2. The fraction of sp³-hybridized carbons (Fsp3) is 0.600. The highest BCUT2D eigenvalue weighted by atomic mass is 16.5. The third-order valence-corrected chi connectivity index (χ3v) is 6.25. The summed E-state index contributed by atoms with van der Waals surface area (Å²) in [5.74, 6) is 0.680. The van der Waals surface area contributed by atoms with Crippen molar-refractivity contribution in [2.45, 2.75) is 52.1 Å². The molecule has 0 aliphatic heterocycles. The number of esters is 1. The third kappa shape index (κ3) is 2.93. The van der Waals surface area contributed by atoms with Crippen LogP contribution in [0.5, 0.6) is 0 Å². The Labute approximate surface area is 138 Å². The van der Waals surface area contributed by atoms with Crippen LogP contribution in [0.3, 0.4) is 0 Å². The van der Waals surface area contributed by atoms with Crippen molar-refractivity contribution in [1.82, 2.24) is 0 Å². The van der Waals surface area contributed by atoms with E-state index in [0.717, 1.165) is 38.4 Å². The summed E-state index contributed by atoms with van der Waals surface area (Å²) in [5.41, 5.74) is 0.746. The van der Waals surface area contributed by atoms with Gasteiger partial charge < -0.3 is 9.53 Å². The molecule has 0 bridgehead atoms. The Morgan fingerprint density at radius 3 is 2.70 bits per heavy atom. The van der Waals surface area contributed by atoms with E-state index in [4.69, 9.17) is 4.74 Å². The van der Waals surface area contributed by atoms with Crippen LogP contribution in [-0.2, 0) is 9.53 Å². The van der Waals surface area contributed by atoms with Crippen LogP contribution >= 0.6 is 0 Å². The molecule has 124 valence electrons. The maximum Gasteiger partial charge on any atom is 0.338 e. The Kier molecular flexibility index (Phi) is 4.56. The fourth-order valence-electron chi connectivity index (χ4n) is 5.04. The number of benzene rings is 1. The Hall–Kier alpha value is -1.64. The molecule has 0 unspecified atom stereocenters. The van der Waals surface area contributed by atoms with E-state index in [-0.39, 0.29) is 23.4 Å². The van der Waals surface area contributed by atoms with Crippen molar-refractivity contribution in [3.8, 4) is 0 Å². The number of ether oxygens (including phenoxy) is 1. The van der Waals surface area contributed by atoms with Crippen molar-refractivity contribution in [3.05, 3.63) is 35.9 Å². The van der Waals surface area contributed by atoms with Crippen molar-refractivity contribution < 1.29 is 14.3 Å². The van der Waals surface area contributed by atoms with Gasteiger partial charge in [0, 0.05) is 11.8 Å². The SMILES string of the molecule is C[C@@H](C=O)[C@H]1CC[C@H]2[C@@H](OC(=O)c3ccccc3)CCC[C@]12C. The van der Waals surface area contributed by atoms with Gasteiger partial charge in [0.05, 0.1) is 5.56 Å². The van der Waals surface area contributed by atoms with Crippen LogP contribution in [0.1, 0.15) is 56.3 Å². The standard InChI is InChI=1S/C20H26O3/c1-14(13-21)16-10-11-17-18(9-6-12-20(16,17)2)23-19(22)15-7-4-3-5-8-15/h3-5,7-8,13-14,16-18H,6,9-12H2,1-2H3/t14-,16+,17-,18-,20+/m0/s1. The zero-order valence-corrected chi connectivity index (χ0v) is 14.0. The highest BCUT2D eigenvalue weighted by molar-refractivity contribution is 5.89. The second-order valence-corrected chi connectivity index (χ2v) is 7.49. The minimum atomic E-state index is -0.216. The van der Waals surface area contributed by atoms with E-state index in [9.17, 15) is 9.59 Å². The molecule has 5 atom stereocenters. The first-order valence-electron chi connectivity index (χ1n) is 8.77. The van der Waals surface area contributed by atoms with Gasteiger partial charge in [-0.1, -0.05) is 32.0 Å². The third-order valence-electron chi connectivity index (χ3n) is 6.25. The average Bonchev–Trinajstić information content (AvgIpc) is 2.93. The van der Waals surface area contributed by atoms with Crippen LogP contribution in [0.15, 0.2) is 30.3 Å². The lowest BCUT2D eigenvalue weighted by Gasteiger charge is -2.45. The minimum absolute atomic E-state index is 0.00897. The van der Waals surface area contributed by atoms with Crippen LogP contribution in [0.4, 0.5) is 0 Å². The Bertz CT molecular complexity index is 568. The summed E-state index contributed by atoms with van der Waals surface area (Å²) < 4.78 is 5.89. The molecule has 0 amide bonds. The quantitative estimate of drug-likeness (QED) is 0.616. The van der Waals surface area contributed by atoms with Crippen LogP contribution < -0.4 is 0 Å². The first-order chi connectivity index (χ1) is 11.1. The molecule has 0 N–H and O–H groups in total. The molecular weight excluding hydrogens is 288 g/mol. The van der Waals surface area contributed by atoms with Crippen molar-refractivity contribution in [3.63, 3.8) is 0 Å². The second kappa shape index (κ2) is 6.46. The maximum absolute atomic E-state index is 12.4. The maximum atomic E-state index is 12.4. The molecule has 3 rings (SSSR count). The van der Waals surface area contributed by atoms with E-state index < -0.39 is 0 Å². The van der Waals surface area contributed by atoms with Gasteiger partial charge in [-0.15, -0.1) is 0 Å². The molecule has 0 spiro atoms. The van der Waals surface area contributed by atoms with Gasteiger partial charge in [0.25, 0.3) is 0 Å². The number of hydrogen-bond acceptors (Lipinski definition) is 3. The van der Waals surface area contributed by atoms with Gasteiger partial charge in [-0.05, 0) is 55.6 Å². The Morgan fingerprint density at radius 1 is 1.26 bits per heavy atom. The molecule has 0 saturated heterocycles. The monoisotopic (exact) mass is 314 g/mol. The summed E-state index contributed by atoms with van der Waals surface area (Å²) in [6.45, 7) is 4.34. The van der Waals surface area contributed by atoms with E-state index >= 15 is 0 Å². The van der Waals surface area contributed by atoms with Crippen molar-refractivity contribution in [2.24, 2.45) is 23.2 Å². The number of carbonyl (C=O) groups excluding carboxylic acids is 2. The van der Waals surface area contributed by atoms with Crippen LogP contribution in [-0.4, -0.2) is 18.4 Å². The molecule has 0 radical (unpaired) electrons. The van der Waals surface area contributed by atoms with E-state index in [1.54, 1.807) is 12.1 Å². The largest absolute Gasteiger partial charge is 0.458 e. The molecule has 2 saturated carbocycles. The van der Waals surface area contributed by atoms with Crippen molar-refractivity contribution >= 4 is 12.3 Å². The van der Waals surface area contributed by atoms with Crippen LogP contribution in [0.25, 0.3) is 0 Å². The molecular formula is C20H26O3. The lowest BCUT2D eigenvalue weighted by atomic mass is 9.62. The van der Waals surface area contributed by atoms with E-state index in [1.165, 1.54) is 0 Å². The van der Waals surface area contributed by atoms with Gasteiger partial charge in [0.2, 0.25) is 0 Å². The molecule has 2 aliphatic carbocycles. The topological polar surface area (TPSA) is 43.4 Å². The molecule has 0 aromatic heterocycles. The second-order valence-electron chi connectivity index (χ2n) is 7.49. The normalized spacial score (nSPS) is 34.4.